The first-order chi connectivity index (χ1) is 12.3. The molecule has 0 aromatic carbocycles. The Morgan fingerprint density at radius 2 is 1.88 bits per heavy atom. The summed E-state index contributed by atoms with van der Waals surface area (Å²) in [5.41, 5.74) is 0.0358. The summed E-state index contributed by atoms with van der Waals surface area (Å²) in [5, 5.41) is 2.91. The molecule has 1 N–H and O–H groups in total. The van der Waals surface area contributed by atoms with E-state index in [-0.39, 0.29) is 23.9 Å². The van der Waals surface area contributed by atoms with E-state index in [1.54, 1.807) is 27.8 Å². The maximum absolute atomic E-state index is 12.8. The number of furan rings is 1. The minimum atomic E-state index is -0.448. The molecule has 1 aromatic heterocycles. The summed E-state index contributed by atoms with van der Waals surface area (Å²) in [5.74, 6) is -0.0851. The Balaban J connectivity index is 1.84. The van der Waals surface area contributed by atoms with Crippen LogP contribution in [-0.2, 0) is 4.79 Å². The Labute approximate surface area is 153 Å². The van der Waals surface area contributed by atoms with Crippen LogP contribution in [0.5, 0.6) is 0 Å². The topological polar surface area (TPSA) is 86.1 Å². The molecule has 2 aliphatic heterocycles. The molecule has 0 radical (unpaired) electrons. The molecule has 0 saturated carbocycles. The summed E-state index contributed by atoms with van der Waals surface area (Å²) < 4.78 is 5.03. The normalized spacial score (nSPS) is 23.7. The third kappa shape index (κ3) is 3.68. The van der Waals surface area contributed by atoms with Gasteiger partial charge in [-0.15, -0.1) is 0 Å². The molecular weight excluding hydrogens is 336 g/mol. The predicted octanol–water partition coefficient (Wildman–Crippen LogP) is 1.00. The summed E-state index contributed by atoms with van der Waals surface area (Å²) in [6.45, 7) is 6.11. The van der Waals surface area contributed by atoms with Crippen LogP contribution in [0.4, 0.5) is 4.79 Å². The van der Waals surface area contributed by atoms with Crippen molar-refractivity contribution in [3.05, 3.63) is 24.2 Å². The van der Waals surface area contributed by atoms with Gasteiger partial charge in [0.2, 0.25) is 5.91 Å². The van der Waals surface area contributed by atoms with Crippen LogP contribution in [0.1, 0.15) is 30.6 Å². The zero-order chi connectivity index (χ0) is 18.9. The molecule has 2 fully saturated rings. The molecule has 8 heteroatoms. The van der Waals surface area contributed by atoms with Gasteiger partial charge in [-0.3, -0.25) is 9.59 Å². The van der Waals surface area contributed by atoms with E-state index in [1.165, 1.54) is 12.5 Å². The van der Waals surface area contributed by atoms with Gasteiger partial charge in [0.25, 0.3) is 5.91 Å². The van der Waals surface area contributed by atoms with Crippen molar-refractivity contribution in [2.24, 2.45) is 5.41 Å². The van der Waals surface area contributed by atoms with Crippen LogP contribution in [-0.4, -0.2) is 78.4 Å². The van der Waals surface area contributed by atoms with E-state index in [0.717, 1.165) is 0 Å². The minimum Gasteiger partial charge on any atom is -0.472 e. The SMILES string of the molecule is CC(C)NC(=O)N1CCN(C(=O)c2ccoc2)C[C@@]2(CC(=O)N(C)C2)C1. The fraction of sp³-hybridized carbons (Fsp3) is 0.611. The molecule has 0 aliphatic carbocycles. The van der Waals surface area contributed by atoms with Gasteiger partial charge in [0.05, 0.1) is 11.8 Å². The molecular formula is C18H26N4O4. The van der Waals surface area contributed by atoms with Gasteiger partial charge < -0.3 is 24.4 Å². The van der Waals surface area contributed by atoms with Gasteiger partial charge in [-0.1, -0.05) is 0 Å². The summed E-state index contributed by atoms with van der Waals surface area (Å²) >= 11 is 0. The minimum absolute atomic E-state index is 0.0262. The number of nitrogens with one attached hydrogen (secondary N) is 1. The van der Waals surface area contributed by atoms with Crippen molar-refractivity contribution in [3.8, 4) is 0 Å². The molecule has 26 heavy (non-hydrogen) atoms. The smallest absolute Gasteiger partial charge is 0.317 e. The van der Waals surface area contributed by atoms with Crippen molar-refractivity contribution in [2.45, 2.75) is 26.3 Å². The average molecular weight is 362 g/mol. The number of carbonyl (C=O) groups is 3. The van der Waals surface area contributed by atoms with E-state index in [1.807, 2.05) is 13.8 Å². The molecule has 2 saturated heterocycles. The Hall–Kier alpha value is -2.51. The highest BCUT2D eigenvalue weighted by Gasteiger charge is 2.47. The number of nitrogens with zero attached hydrogens (tertiary/aromatic N) is 3. The van der Waals surface area contributed by atoms with Gasteiger partial charge in [-0.2, -0.15) is 0 Å². The molecule has 1 atom stereocenters. The zero-order valence-electron chi connectivity index (χ0n) is 15.5. The average Bonchev–Trinajstić information content (AvgIpc) is 3.13. The maximum atomic E-state index is 12.8. The van der Waals surface area contributed by atoms with Crippen molar-refractivity contribution >= 4 is 17.8 Å². The number of hydrogen-bond acceptors (Lipinski definition) is 4. The highest BCUT2D eigenvalue weighted by molar-refractivity contribution is 5.94. The number of rotatable bonds is 2. The number of likely N-dealkylation sites (tertiary alicyclic amines) is 1. The lowest BCUT2D eigenvalue weighted by atomic mass is 9.86. The van der Waals surface area contributed by atoms with E-state index in [9.17, 15) is 14.4 Å². The van der Waals surface area contributed by atoms with Crippen molar-refractivity contribution in [1.29, 1.82) is 0 Å². The second kappa shape index (κ2) is 7.01. The Morgan fingerprint density at radius 3 is 2.46 bits per heavy atom. The molecule has 8 nitrogen and oxygen atoms in total. The fourth-order valence-electron chi connectivity index (χ4n) is 3.83. The fourth-order valence-corrected chi connectivity index (χ4v) is 3.83. The van der Waals surface area contributed by atoms with E-state index in [4.69, 9.17) is 4.42 Å². The second-order valence-electron chi connectivity index (χ2n) is 7.69. The van der Waals surface area contributed by atoms with Crippen molar-refractivity contribution < 1.29 is 18.8 Å². The molecule has 0 bridgehead atoms. The van der Waals surface area contributed by atoms with Crippen LogP contribution in [0.2, 0.25) is 0 Å². The van der Waals surface area contributed by atoms with Crippen LogP contribution in [0, 0.1) is 5.41 Å². The number of carbonyl (C=O) groups excluding carboxylic acids is 3. The molecule has 0 unspecified atom stereocenters. The van der Waals surface area contributed by atoms with Crippen molar-refractivity contribution in [3.63, 3.8) is 0 Å². The first-order valence-electron chi connectivity index (χ1n) is 8.90. The highest BCUT2D eigenvalue weighted by Crippen LogP contribution is 2.34. The third-order valence-corrected chi connectivity index (χ3v) is 4.97. The first-order valence-corrected chi connectivity index (χ1v) is 8.90. The summed E-state index contributed by atoms with van der Waals surface area (Å²) in [6.07, 6.45) is 3.23. The Bertz CT molecular complexity index is 687. The van der Waals surface area contributed by atoms with Gasteiger partial charge >= 0.3 is 6.03 Å². The van der Waals surface area contributed by atoms with Gasteiger partial charge in [0.15, 0.2) is 0 Å². The van der Waals surface area contributed by atoms with E-state index in [0.29, 0.717) is 44.7 Å². The Kier molecular flexibility index (Phi) is 4.93. The van der Waals surface area contributed by atoms with Gasteiger partial charge in [0, 0.05) is 57.6 Å². The van der Waals surface area contributed by atoms with Crippen molar-refractivity contribution in [1.82, 2.24) is 20.0 Å². The zero-order valence-corrected chi connectivity index (χ0v) is 15.5. The van der Waals surface area contributed by atoms with Crippen LogP contribution in [0.3, 0.4) is 0 Å². The number of urea groups is 1. The third-order valence-electron chi connectivity index (χ3n) is 4.97. The summed E-state index contributed by atoms with van der Waals surface area (Å²) in [7, 11) is 1.77. The lowest BCUT2D eigenvalue weighted by Crippen LogP contribution is -2.49. The largest absolute Gasteiger partial charge is 0.472 e. The molecule has 4 amide bonds. The van der Waals surface area contributed by atoms with Gasteiger partial charge in [0.1, 0.15) is 6.26 Å². The second-order valence-corrected chi connectivity index (χ2v) is 7.69. The lowest BCUT2D eigenvalue weighted by Gasteiger charge is -2.33. The van der Waals surface area contributed by atoms with Crippen LogP contribution in [0.25, 0.3) is 0 Å². The van der Waals surface area contributed by atoms with Crippen LogP contribution >= 0.6 is 0 Å². The van der Waals surface area contributed by atoms with Gasteiger partial charge in [-0.25, -0.2) is 4.79 Å². The molecule has 3 rings (SSSR count). The molecule has 3 heterocycles. The van der Waals surface area contributed by atoms with Crippen molar-refractivity contribution in [2.75, 3.05) is 39.8 Å². The van der Waals surface area contributed by atoms with E-state index < -0.39 is 5.41 Å². The van der Waals surface area contributed by atoms with Crippen LogP contribution < -0.4 is 5.32 Å². The molecule has 1 spiro atoms. The molecule has 1 aromatic rings. The number of amides is 4. The standard InChI is InChI=1S/C18H26N4O4/c1-13(2)19-17(25)22-6-5-21(16(24)14-4-7-26-9-14)11-18(12-22)8-15(23)20(3)10-18/h4,7,9,13H,5-6,8,10-12H2,1-3H3,(H,19,25)/t18-/m0/s1. The number of hydrogen-bond donors (Lipinski definition) is 1. The summed E-state index contributed by atoms with van der Waals surface area (Å²) in [6, 6.07) is 1.51. The maximum Gasteiger partial charge on any atom is 0.317 e. The highest BCUT2D eigenvalue weighted by atomic mass is 16.3. The molecule has 142 valence electrons. The van der Waals surface area contributed by atoms with E-state index in [2.05, 4.69) is 5.32 Å². The Morgan fingerprint density at radius 1 is 1.19 bits per heavy atom. The van der Waals surface area contributed by atoms with Crippen LogP contribution in [0.15, 0.2) is 23.0 Å². The van der Waals surface area contributed by atoms with E-state index >= 15 is 0 Å². The lowest BCUT2D eigenvalue weighted by molar-refractivity contribution is -0.126. The molecule has 2 aliphatic rings. The quantitative estimate of drug-likeness (QED) is 0.851. The summed E-state index contributed by atoms with van der Waals surface area (Å²) in [4.78, 5) is 42.7. The predicted molar refractivity (Wildman–Crippen MR) is 94.5 cm³/mol. The first kappa shape index (κ1) is 18.3. The monoisotopic (exact) mass is 362 g/mol. The van der Waals surface area contributed by atoms with Gasteiger partial charge in [-0.05, 0) is 19.9 Å².